The highest BCUT2D eigenvalue weighted by Crippen LogP contribution is 2.14. The highest BCUT2D eigenvalue weighted by atomic mass is 16.2. The van der Waals surface area contributed by atoms with Gasteiger partial charge in [0.1, 0.15) is 12.4 Å². The van der Waals surface area contributed by atoms with Gasteiger partial charge in [-0.05, 0) is 6.07 Å². The molecule has 106 valence electrons. The quantitative estimate of drug-likeness (QED) is 0.763. The lowest BCUT2D eigenvalue weighted by Gasteiger charge is -2.27. The molecule has 1 aliphatic heterocycles. The second kappa shape index (κ2) is 5.77. The molecule has 1 N–H and O–H groups in total. The number of carbonyl (C=O) groups is 1. The number of carbonyl (C=O) groups excluding carboxylic acids is 1. The van der Waals surface area contributed by atoms with Crippen molar-refractivity contribution in [3.63, 3.8) is 0 Å². The molecule has 0 unspecified atom stereocenters. The predicted molar refractivity (Wildman–Crippen MR) is 75.2 cm³/mol. The molecular formula is C15H14N4O2. The number of pyridine rings is 1. The lowest BCUT2D eigenvalue weighted by Crippen LogP contribution is -2.38. The summed E-state index contributed by atoms with van der Waals surface area (Å²) >= 11 is 0. The third-order valence-corrected chi connectivity index (χ3v) is 3.33. The Bertz CT molecular complexity index is 727. The van der Waals surface area contributed by atoms with Gasteiger partial charge in [0.2, 0.25) is 0 Å². The van der Waals surface area contributed by atoms with Crippen LogP contribution >= 0.6 is 0 Å². The molecule has 6 nitrogen and oxygen atoms in total. The Balaban J connectivity index is 1.80. The first kappa shape index (κ1) is 13.3. The number of imidazole rings is 1. The molecular weight excluding hydrogens is 268 g/mol. The van der Waals surface area contributed by atoms with Gasteiger partial charge < -0.3 is 14.6 Å². The van der Waals surface area contributed by atoms with Crippen LogP contribution in [0.25, 0.3) is 0 Å². The molecule has 0 atom stereocenters. The molecule has 0 spiro atoms. The molecule has 0 aromatic carbocycles. The lowest BCUT2D eigenvalue weighted by atomic mass is 10.1. The van der Waals surface area contributed by atoms with Crippen molar-refractivity contribution in [3.8, 4) is 11.8 Å². The van der Waals surface area contributed by atoms with Gasteiger partial charge in [-0.15, -0.1) is 0 Å². The molecule has 21 heavy (non-hydrogen) atoms. The average Bonchev–Trinajstić information content (AvgIpc) is 3.00. The van der Waals surface area contributed by atoms with Crippen LogP contribution < -0.4 is 0 Å². The van der Waals surface area contributed by atoms with Crippen molar-refractivity contribution in [3.05, 3.63) is 47.8 Å². The number of nitrogens with zero attached hydrogens (tertiary/aromatic N) is 4. The molecule has 0 saturated heterocycles. The van der Waals surface area contributed by atoms with Gasteiger partial charge in [-0.1, -0.05) is 11.8 Å². The Labute approximate surface area is 122 Å². The van der Waals surface area contributed by atoms with Gasteiger partial charge >= 0.3 is 0 Å². The van der Waals surface area contributed by atoms with Crippen LogP contribution in [0.5, 0.6) is 0 Å². The van der Waals surface area contributed by atoms with E-state index in [-0.39, 0.29) is 12.5 Å². The van der Waals surface area contributed by atoms with E-state index in [9.17, 15) is 4.79 Å². The van der Waals surface area contributed by atoms with Crippen molar-refractivity contribution in [2.24, 2.45) is 0 Å². The lowest BCUT2D eigenvalue weighted by molar-refractivity contribution is 0.0707. The van der Waals surface area contributed by atoms with Crippen LogP contribution in [-0.4, -0.2) is 43.6 Å². The van der Waals surface area contributed by atoms with Crippen molar-refractivity contribution in [2.45, 2.75) is 13.1 Å². The van der Waals surface area contributed by atoms with Gasteiger partial charge in [-0.2, -0.15) is 0 Å². The molecule has 3 heterocycles. The number of amides is 1. The SMILES string of the molecule is O=C(c1cncc(C#CCO)c1)N1CCn2ccnc2C1. The number of aromatic nitrogens is 3. The summed E-state index contributed by atoms with van der Waals surface area (Å²) in [7, 11) is 0. The second-order valence-corrected chi connectivity index (χ2v) is 4.69. The third kappa shape index (κ3) is 2.78. The van der Waals surface area contributed by atoms with Gasteiger partial charge in [0.15, 0.2) is 0 Å². The summed E-state index contributed by atoms with van der Waals surface area (Å²) < 4.78 is 2.05. The van der Waals surface area contributed by atoms with Crippen molar-refractivity contribution >= 4 is 5.91 Å². The maximum Gasteiger partial charge on any atom is 0.255 e. The largest absolute Gasteiger partial charge is 0.384 e. The number of aliphatic hydroxyl groups is 1. The summed E-state index contributed by atoms with van der Waals surface area (Å²) in [5.41, 5.74) is 1.12. The topological polar surface area (TPSA) is 71.2 Å². The number of hydrogen-bond donors (Lipinski definition) is 1. The van der Waals surface area contributed by atoms with Gasteiger partial charge in [-0.3, -0.25) is 9.78 Å². The first-order valence-corrected chi connectivity index (χ1v) is 6.62. The summed E-state index contributed by atoms with van der Waals surface area (Å²) in [4.78, 5) is 22.5. The molecule has 0 saturated carbocycles. The van der Waals surface area contributed by atoms with Crippen LogP contribution in [0.3, 0.4) is 0 Å². The van der Waals surface area contributed by atoms with E-state index in [1.54, 1.807) is 23.4 Å². The molecule has 1 amide bonds. The van der Waals surface area contributed by atoms with Gasteiger partial charge in [0.25, 0.3) is 5.91 Å². The molecule has 2 aromatic rings. The zero-order valence-electron chi connectivity index (χ0n) is 11.4. The van der Waals surface area contributed by atoms with E-state index in [0.29, 0.717) is 24.2 Å². The minimum atomic E-state index is -0.215. The van der Waals surface area contributed by atoms with Crippen molar-refractivity contribution in [1.29, 1.82) is 0 Å². The summed E-state index contributed by atoms with van der Waals surface area (Å²) in [6.45, 7) is 1.68. The molecule has 1 aliphatic rings. The first-order valence-electron chi connectivity index (χ1n) is 6.62. The predicted octanol–water partition coefficient (Wildman–Crippen LogP) is 0.278. The molecule has 3 rings (SSSR count). The van der Waals surface area contributed by atoms with Crippen LogP contribution in [0.2, 0.25) is 0 Å². The minimum Gasteiger partial charge on any atom is -0.384 e. The first-order chi connectivity index (χ1) is 10.3. The minimum absolute atomic E-state index is 0.0793. The Kier molecular flexibility index (Phi) is 3.67. The fourth-order valence-corrected chi connectivity index (χ4v) is 2.30. The number of rotatable bonds is 1. The zero-order valence-corrected chi connectivity index (χ0v) is 11.4. The monoisotopic (exact) mass is 282 g/mol. The van der Waals surface area contributed by atoms with Crippen LogP contribution in [0, 0.1) is 11.8 Å². The van der Waals surface area contributed by atoms with E-state index in [1.807, 2.05) is 10.8 Å². The fourth-order valence-electron chi connectivity index (χ4n) is 2.30. The maximum atomic E-state index is 12.5. The molecule has 6 heteroatoms. The highest BCUT2D eigenvalue weighted by Gasteiger charge is 2.22. The van der Waals surface area contributed by atoms with Crippen LogP contribution in [0.1, 0.15) is 21.7 Å². The van der Waals surface area contributed by atoms with E-state index in [4.69, 9.17) is 5.11 Å². The Morgan fingerprint density at radius 2 is 2.29 bits per heavy atom. The normalized spacial score (nSPS) is 13.3. The fraction of sp³-hybridized carbons (Fsp3) is 0.267. The van der Waals surface area contributed by atoms with E-state index in [0.717, 1.165) is 12.4 Å². The highest BCUT2D eigenvalue weighted by molar-refractivity contribution is 5.94. The van der Waals surface area contributed by atoms with Crippen LogP contribution in [0.4, 0.5) is 0 Å². The Hall–Kier alpha value is -2.65. The van der Waals surface area contributed by atoms with Gasteiger partial charge in [-0.25, -0.2) is 4.98 Å². The molecule has 0 bridgehead atoms. The van der Waals surface area contributed by atoms with E-state index in [1.165, 1.54) is 6.20 Å². The second-order valence-electron chi connectivity index (χ2n) is 4.69. The van der Waals surface area contributed by atoms with Crippen molar-refractivity contribution in [1.82, 2.24) is 19.4 Å². The summed E-state index contributed by atoms with van der Waals surface area (Å²) in [5, 5.41) is 8.70. The summed E-state index contributed by atoms with van der Waals surface area (Å²) in [6.07, 6.45) is 6.77. The average molecular weight is 282 g/mol. The van der Waals surface area contributed by atoms with Gasteiger partial charge in [0.05, 0.1) is 12.1 Å². The number of fused-ring (bicyclic) bond motifs is 1. The Morgan fingerprint density at radius 1 is 1.38 bits per heavy atom. The molecule has 0 aliphatic carbocycles. The third-order valence-electron chi connectivity index (χ3n) is 3.33. The smallest absolute Gasteiger partial charge is 0.255 e. The van der Waals surface area contributed by atoms with Crippen molar-refractivity contribution in [2.75, 3.05) is 13.2 Å². The summed E-state index contributed by atoms with van der Waals surface area (Å²) in [6, 6.07) is 1.69. The maximum absolute atomic E-state index is 12.5. The van der Waals surface area contributed by atoms with Crippen LogP contribution in [-0.2, 0) is 13.1 Å². The molecule has 2 aromatic heterocycles. The van der Waals surface area contributed by atoms with E-state index >= 15 is 0 Å². The zero-order chi connectivity index (χ0) is 14.7. The van der Waals surface area contributed by atoms with Crippen molar-refractivity contribution < 1.29 is 9.90 Å². The summed E-state index contributed by atoms with van der Waals surface area (Å²) in [5.74, 6) is 6.11. The standard InChI is InChI=1S/C15H14N4O2/c20-7-1-2-12-8-13(10-16-9-12)15(21)19-6-5-18-4-3-17-14(18)11-19/h3-4,8-10,20H,5-7,11H2. The molecule has 0 fully saturated rings. The number of aliphatic hydroxyl groups excluding tert-OH is 1. The Morgan fingerprint density at radius 3 is 3.14 bits per heavy atom. The van der Waals surface area contributed by atoms with Crippen LogP contribution in [0.15, 0.2) is 30.9 Å². The van der Waals surface area contributed by atoms with E-state index in [2.05, 4.69) is 21.8 Å². The molecule has 0 radical (unpaired) electrons. The van der Waals surface area contributed by atoms with Gasteiger partial charge in [0, 0.05) is 43.4 Å². The van der Waals surface area contributed by atoms with E-state index < -0.39 is 0 Å². The number of hydrogen-bond acceptors (Lipinski definition) is 4.